The van der Waals surface area contributed by atoms with Crippen molar-refractivity contribution in [3.05, 3.63) is 35.9 Å². The first kappa shape index (κ1) is 15.8. The maximum Gasteiger partial charge on any atom is 0.217 e. The third-order valence-electron chi connectivity index (χ3n) is 3.49. The lowest BCUT2D eigenvalue weighted by Crippen LogP contribution is -2.41. The minimum Gasteiger partial charge on any atom is -0.381 e. The molecule has 1 heterocycles. The van der Waals surface area contributed by atoms with Crippen molar-refractivity contribution >= 4 is 21.6 Å². The largest absolute Gasteiger partial charge is 0.381 e. The van der Waals surface area contributed by atoms with E-state index in [0.29, 0.717) is 45.0 Å². The molecular weight excluding hydrogens is 298 g/mol. The first-order valence-corrected chi connectivity index (χ1v) is 8.85. The van der Waals surface area contributed by atoms with Gasteiger partial charge in [-0.15, -0.1) is 11.6 Å². The zero-order valence-corrected chi connectivity index (χ0v) is 12.9. The summed E-state index contributed by atoms with van der Waals surface area (Å²) in [4.78, 5) is 0. The standard InChI is InChI=1S/C14H20ClNO3S/c15-8-9-16(12-13-4-2-1-3-5-13)20(17,18)14-6-10-19-11-7-14/h1-5,14H,6-12H2. The van der Waals surface area contributed by atoms with Crippen molar-refractivity contribution in [2.24, 2.45) is 0 Å². The van der Waals surface area contributed by atoms with Crippen LogP contribution in [0.15, 0.2) is 30.3 Å². The predicted molar refractivity (Wildman–Crippen MR) is 80.3 cm³/mol. The van der Waals surface area contributed by atoms with E-state index in [1.54, 1.807) is 0 Å². The van der Waals surface area contributed by atoms with E-state index < -0.39 is 10.0 Å². The SMILES string of the molecule is O=S(=O)(C1CCOCC1)N(CCCl)Cc1ccccc1. The van der Waals surface area contributed by atoms with Crippen molar-refractivity contribution in [2.45, 2.75) is 24.6 Å². The minimum absolute atomic E-state index is 0.301. The average Bonchev–Trinajstić information content (AvgIpc) is 2.49. The third kappa shape index (κ3) is 3.95. The summed E-state index contributed by atoms with van der Waals surface area (Å²) in [7, 11) is -3.32. The fourth-order valence-corrected chi connectivity index (χ4v) is 4.55. The third-order valence-corrected chi connectivity index (χ3v) is 6.00. The Balaban J connectivity index is 2.14. The number of ether oxygens (including phenoxy) is 1. The van der Waals surface area contributed by atoms with Crippen molar-refractivity contribution in [3.63, 3.8) is 0 Å². The fraction of sp³-hybridized carbons (Fsp3) is 0.571. The summed E-state index contributed by atoms with van der Waals surface area (Å²) < 4.78 is 32.1. The van der Waals surface area contributed by atoms with Crippen LogP contribution in [-0.4, -0.2) is 43.6 Å². The normalized spacial score (nSPS) is 17.5. The molecular formula is C14H20ClNO3S. The van der Waals surface area contributed by atoms with Gasteiger partial charge in [0.15, 0.2) is 0 Å². The zero-order chi connectivity index (χ0) is 14.4. The Kier molecular flexibility index (Phi) is 5.84. The quantitative estimate of drug-likeness (QED) is 0.756. The number of hydrogen-bond acceptors (Lipinski definition) is 3. The van der Waals surface area contributed by atoms with E-state index in [1.165, 1.54) is 4.31 Å². The van der Waals surface area contributed by atoms with E-state index in [0.717, 1.165) is 5.56 Å². The Labute approximate surface area is 125 Å². The number of benzene rings is 1. The summed E-state index contributed by atoms with van der Waals surface area (Å²) in [6, 6.07) is 9.61. The molecule has 6 heteroatoms. The molecule has 1 aliphatic rings. The molecule has 0 bridgehead atoms. The lowest BCUT2D eigenvalue weighted by atomic mass is 10.2. The highest BCUT2D eigenvalue weighted by Crippen LogP contribution is 2.21. The molecule has 112 valence electrons. The summed E-state index contributed by atoms with van der Waals surface area (Å²) in [5, 5.41) is -0.344. The molecule has 0 aliphatic carbocycles. The second-order valence-corrected chi connectivity index (χ2v) is 7.46. The van der Waals surface area contributed by atoms with Crippen LogP contribution in [0.5, 0.6) is 0 Å². The minimum atomic E-state index is -3.32. The van der Waals surface area contributed by atoms with Gasteiger partial charge in [-0.05, 0) is 18.4 Å². The van der Waals surface area contributed by atoms with Crippen molar-refractivity contribution in [3.8, 4) is 0 Å². The van der Waals surface area contributed by atoms with Gasteiger partial charge >= 0.3 is 0 Å². The molecule has 0 atom stereocenters. The molecule has 0 amide bonds. The zero-order valence-electron chi connectivity index (χ0n) is 11.4. The number of rotatable bonds is 6. The van der Waals surface area contributed by atoms with Crippen LogP contribution in [0.2, 0.25) is 0 Å². The van der Waals surface area contributed by atoms with Crippen LogP contribution in [0, 0.1) is 0 Å². The van der Waals surface area contributed by atoms with Gasteiger partial charge in [0.1, 0.15) is 0 Å². The van der Waals surface area contributed by atoms with Crippen molar-refractivity contribution in [1.82, 2.24) is 4.31 Å². The first-order chi connectivity index (χ1) is 9.64. The summed E-state index contributed by atoms with van der Waals surface area (Å²) >= 11 is 5.78. The van der Waals surface area contributed by atoms with Crippen molar-refractivity contribution < 1.29 is 13.2 Å². The number of halogens is 1. The van der Waals surface area contributed by atoms with E-state index >= 15 is 0 Å². The van der Waals surface area contributed by atoms with Gasteiger partial charge in [0.2, 0.25) is 10.0 Å². The van der Waals surface area contributed by atoms with Gasteiger partial charge in [-0.1, -0.05) is 30.3 Å². The fourth-order valence-electron chi connectivity index (χ4n) is 2.36. The molecule has 1 fully saturated rings. The molecule has 4 nitrogen and oxygen atoms in total. The molecule has 2 rings (SSSR count). The van der Waals surface area contributed by atoms with Gasteiger partial charge in [0, 0.05) is 32.2 Å². The average molecular weight is 318 g/mol. The van der Waals surface area contributed by atoms with Crippen LogP contribution >= 0.6 is 11.6 Å². The lowest BCUT2D eigenvalue weighted by Gasteiger charge is -2.29. The van der Waals surface area contributed by atoms with Gasteiger partial charge in [0.25, 0.3) is 0 Å². The Morgan fingerprint density at radius 2 is 1.85 bits per heavy atom. The Bertz CT molecular complexity index is 500. The Morgan fingerprint density at radius 3 is 2.45 bits per heavy atom. The van der Waals surface area contributed by atoms with Crippen LogP contribution < -0.4 is 0 Å². The maximum atomic E-state index is 12.7. The maximum absolute atomic E-state index is 12.7. The van der Waals surface area contributed by atoms with Gasteiger partial charge in [0.05, 0.1) is 5.25 Å². The molecule has 1 saturated heterocycles. The molecule has 0 unspecified atom stereocenters. The Hall–Kier alpha value is -0.620. The first-order valence-electron chi connectivity index (χ1n) is 6.81. The summed E-state index contributed by atoms with van der Waals surface area (Å²) in [6.45, 7) is 1.76. The van der Waals surface area contributed by atoms with Gasteiger partial charge in [-0.25, -0.2) is 8.42 Å². The molecule has 0 aromatic heterocycles. The van der Waals surface area contributed by atoms with Crippen LogP contribution in [-0.2, 0) is 21.3 Å². The molecule has 0 N–H and O–H groups in total. The van der Waals surface area contributed by atoms with E-state index in [4.69, 9.17) is 16.3 Å². The highest BCUT2D eigenvalue weighted by atomic mass is 35.5. The van der Waals surface area contributed by atoms with Crippen molar-refractivity contribution in [1.29, 1.82) is 0 Å². The van der Waals surface area contributed by atoms with Gasteiger partial charge < -0.3 is 4.74 Å². The summed E-state index contributed by atoms with van der Waals surface area (Å²) in [6.07, 6.45) is 1.13. The molecule has 0 radical (unpaired) electrons. The van der Waals surface area contributed by atoms with E-state index in [2.05, 4.69) is 0 Å². The highest BCUT2D eigenvalue weighted by molar-refractivity contribution is 7.89. The van der Waals surface area contributed by atoms with Gasteiger partial charge in [-0.2, -0.15) is 4.31 Å². The molecule has 0 spiro atoms. The highest BCUT2D eigenvalue weighted by Gasteiger charge is 2.33. The van der Waals surface area contributed by atoms with Crippen LogP contribution in [0.1, 0.15) is 18.4 Å². The van der Waals surface area contributed by atoms with Crippen LogP contribution in [0.25, 0.3) is 0 Å². The number of alkyl halides is 1. The van der Waals surface area contributed by atoms with E-state index in [-0.39, 0.29) is 5.25 Å². The summed E-state index contributed by atoms with van der Waals surface area (Å²) in [5.74, 6) is 0.301. The topological polar surface area (TPSA) is 46.6 Å². The predicted octanol–water partition coefficient (Wildman–Crippen LogP) is 2.24. The number of nitrogens with zero attached hydrogens (tertiary/aromatic N) is 1. The molecule has 1 aliphatic heterocycles. The number of sulfonamides is 1. The molecule has 0 saturated carbocycles. The summed E-state index contributed by atoms with van der Waals surface area (Å²) in [5.41, 5.74) is 0.980. The Morgan fingerprint density at radius 1 is 1.20 bits per heavy atom. The second kappa shape index (κ2) is 7.41. The molecule has 20 heavy (non-hydrogen) atoms. The van der Waals surface area contributed by atoms with Crippen LogP contribution in [0.4, 0.5) is 0 Å². The van der Waals surface area contributed by atoms with E-state index in [1.807, 2.05) is 30.3 Å². The second-order valence-electron chi connectivity index (χ2n) is 4.86. The monoisotopic (exact) mass is 317 g/mol. The number of hydrogen-bond donors (Lipinski definition) is 0. The molecule has 1 aromatic rings. The smallest absolute Gasteiger partial charge is 0.217 e. The van der Waals surface area contributed by atoms with E-state index in [9.17, 15) is 8.42 Å². The van der Waals surface area contributed by atoms with Crippen molar-refractivity contribution in [2.75, 3.05) is 25.6 Å². The lowest BCUT2D eigenvalue weighted by molar-refractivity contribution is 0.0972. The van der Waals surface area contributed by atoms with Gasteiger partial charge in [-0.3, -0.25) is 0 Å². The molecule has 1 aromatic carbocycles. The van der Waals surface area contributed by atoms with Crippen LogP contribution in [0.3, 0.4) is 0 Å².